The van der Waals surface area contributed by atoms with Gasteiger partial charge in [-0.25, -0.2) is 4.79 Å². The van der Waals surface area contributed by atoms with Crippen molar-refractivity contribution < 1.29 is 27.4 Å². The zero-order valence-corrected chi connectivity index (χ0v) is 12.0. The molecule has 22 heavy (non-hydrogen) atoms. The van der Waals surface area contributed by atoms with Gasteiger partial charge >= 0.3 is 12.1 Å². The maximum absolute atomic E-state index is 12.9. The zero-order chi connectivity index (χ0) is 16.3. The lowest BCUT2D eigenvalue weighted by Crippen LogP contribution is -2.46. The van der Waals surface area contributed by atoms with E-state index in [0.29, 0.717) is 17.8 Å². The molecule has 0 amide bonds. The summed E-state index contributed by atoms with van der Waals surface area (Å²) >= 11 is 0. The number of anilines is 1. The molecule has 2 rings (SSSR count). The molecule has 1 aliphatic heterocycles. The maximum atomic E-state index is 12.9. The number of ether oxygens (including phenoxy) is 2. The van der Waals surface area contributed by atoms with E-state index in [0.717, 1.165) is 12.1 Å². The van der Waals surface area contributed by atoms with Gasteiger partial charge in [0.1, 0.15) is 0 Å². The van der Waals surface area contributed by atoms with E-state index in [1.807, 2.05) is 0 Å². The topological polar surface area (TPSA) is 38.8 Å². The van der Waals surface area contributed by atoms with Crippen LogP contribution in [0, 0.1) is 0 Å². The molecule has 0 N–H and O–H groups in total. The fourth-order valence-corrected chi connectivity index (χ4v) is 2.31. The molecule has 1 aromatic carbocycles. The number of methoxy groups -OCH3 is 1. The molecule has 1 aromatic rings. The van der Waals surface area contributed by atoms with Gasteiger partial charge in [-0.2, -0.15) is 13.2 Å². The van der Waals surface area contributed by atoms with E-state index in [1.165, 1.54) is 19.3 Å². The first-order valence-corrected chi connectivity index (χ1v) is 6.65. The molecule has 4 nitrogen and oxygen atoms in total. The molecule has 7 heteroatoms. The number of halogens is 3. The molecule has 120 valence electrons. The Kier molecular flexibility index (Phi) is 4.75. The minimum atomic E-state index is -4.43. The summed E-state index contributed by atoms with van der Waals surface area (Å²) < 4.78 is 48.6. The van der Waals surface area contributed by atoms with Gasteiger partial charge in [0.25, 0.3) is 0 Å². The van der Waals surface area contributed by atoms with Crippen molar-refractivity contribution in [3.05, 3.63) is 35.9 Å². The monoisotopic (exact) mass is 315 g/mol. The van der Waals surface area contributed by atoms with Crippen LogP contribution >= 0.6 is 0 Å². The molecular formula is C15H16F3NO3. The molecule has 0 aromatic heterocycles. The normalized spacial score (nSPS) is 18.9. The molecule has 1 atom stereocenters. The van der Waals surface area contributed by atoms with Gasteiger partial charge < -0.3 is 14.4 Å². The summed E-state index contributed by atoms with van der Waals surface area (Å²) in [5.41, 5.74) is 0.203. The molecule has 1 aliphatic rings. The number of rotatable bonds is 3. The van der Waals surface area contributed by atoms with Crippen molar-refractivity contribution in [2.24, 2.45) is 0 Å². The molecule has 1 saturated heterocycles. The fraction of sp³-hybridized carbons (Fsp3) is 0.400. The van der Waals surface area contributed by atoms with Crippen molar-refractivity contribution in [3.8, 4) is 0 Å². The number of nitrogens with zero attached hydrogens (tertiary/aromatic N) is 1. The number of hydrogen-bond donors (Lipinski definition) is 0. The van der Waals surface area contributed by atoms with Gasteiger partial charge in [-0.15, -0.1) is 0 Å². The van der Waals surface area contributed by atoms with Crippen molar-refractivity contribution in [1.29, 1.82) is 0 Å². The SMILES string of the molecule is C=Cc1ccc(C(F)(F)F)cc1N1CCOC(C(=O)OC)C1. The Morgan fingerprint density at radius 1 is 1.50 bits per heavy atom. The summed E-state index contributed by atoms with van der Waals surface area (Å²) in [7, 11) is 1.24. The second-order valence-corrected chi connectivity index (χ2v) is 4.80. The third-order valence-electron chi connectivity index (χ3n) is 3.45. The van der Waals surface area contributed by atoms with Crippen LogP contribution in [0.1, 0.15) is 11.1 Å². The Balaban J connectivity index is 2.33. The van der Waals surface area contributed by atoms with E-state index < -0.39 is 23.8 Å². The quantitative estimate of drug-likeness (QED) is 0.804. The van der Waals surface area contributed by atoms with Crippen LogP contribution in [0.25, 0.3) is 6.08 Å². The molecule has 1 unspecified atom stereocenters. The second kappa shape index (κ2) is 6.39. The molecule has 0 bridgehead atoms. The zero-order valence-electron chi connectivity index (χ0n) is 12.0. The molecular weight excluding hydrogens is 299 g/mol. The number of carbonyl (C=O) groups is 1. The molecule has 1 heterocycles. The van der Waals surface area contributed by atoms with Crippen LogP contribution < -0.4 is 4.90 Å². The summed E-state index contributed by atoms with van der Waals surface area (Å²) in [6.45, 7) is 4.36. The largest absolute Gasteiger partial charge is 0.467 e. The molecule has 0 aliphatic carbocycles. The Morgan fingerprint density at radius 2 is 2.23 bits per heavy atom. The minimum absolute atomic E-state index is 0.134. The van der Waals surface area contributed by atoms with Crippen LogP contribution in [0.5, 0.6) is 0 Å². The molecule has 0 saturated carbocycles. The summed E-state index contributed by atoms with van der Waals surface area (Å²) in [5, 5.41) is 0. The van der Waals surface area contributed by atoms with Crippen molar-refractivity contribution in [2.45, 2.75) is 12.3 Å². The number of benzene rings is 1. The summed E-state index contributed by atoms with van der Waals surface area (Å²) in [6.07, 6.45) is -3.76. The predicted molar refractivity (Wildman–Crippen MR) is 75.5 cm³/mol. The van der Waals surface area contributed by atoms with Crippen molar-refractivity contribution in [1.82, 2.24) is 0 Å². The predicted octanol–water partition coefficient (Wildman–Crippen LogP) is 2.73. The lowest BCUT2D eigenvalue weighted by molar-refractivity contribution is -0.154. The van der Waals surface area contributed by atoms with E-state index in [9.17, 15) is 18.0 Å². The smallest absolute Gasteiger partial charge is 0.416 e. The summed E-state index contributed by atoms with van der Waals surface area (Å²) in [6, 6.07) is 3.45. The number of hydrogen-bond acceptors (Lipinski definition) is 4. The van der Waals surface area contributed by atoms with Gasteiger partial charge in [0, 0.05) is 12.2 Å². The highest BCUT2D eigenvalue weighted by molar-refractivity contribution is 5.76. The highest BCUT2D eigenvalue weighted by Gasteiger charge is 2.33. The average Bonchev–Trinajstić information content (AvgIpc) is 2.52. The molecule has 0 spiro atoms. The van der Waals surface area contributed by atoms with Crippen molar-refractivity contribution >= 4 is 17.7 Å². The van der Waals surface area contributed by atoms with Crippen molar-refractivity contribution in [3.63, 3.8) is 0 Å². The summed E-state index contributed by atoms with van der Waals surface area (Å²) in [4.78, 5) is 13.2. The van der Waals surface area contributed by atoms with Gasteiger partial charge in [-0.3, -0.25) is 0 Å². The van der Waals surface area contributed by atoms with E-state index >= 15 is 0 Å². The highest BCUT2D eigenvalue weighted by atomic mass is 19.4. The Morgan fingerprint density at radius 3 is 2.82 bits per heavy atom. The van der Waals surface area contributed by atoms with Crippen LogP contribution in [-0.2, 0) is 20.4 Å². The lowest BCUT2D eigenvalue weighted by atomic mass is 10.1. The minimum Gasteiger partial charge on any atom is -0.467 e. The number of carbonyl (C=O) groups excluding carboxylic acids is 1. The Labute approximate surface area is 126 Å². The first-order chi connectivity index (χ1) is 10.4. The van der Waals surface area contributed by atoms with Crippen LogP contribution in [0.15, 0.2) is 24.8 Å². The second-order valence-electron chi connectivity index (χ2n) is 4.80. The Bertz CT molecular complexity index is 572. The van der Waals surface area contributed by atoms with Gasteiger partial charge in [-0.1, -0.05) is 18.7 Å². The van der Waals surface area contributed by atoms with Crippen LogP contribution in [-0.4, -0.2) is 38.9 Å². The van der Waals surface area contributed by atoms with Gasteiger partial charge in [0.2, 0.25) is 0 Å². The average molecular weight is 315 g/mol. The van der Waals surface area contributed by atoms with E-state index in [-0.39, 0.29) is 13.2 Å². The van der Waals surface area contributed by atoms with Crippen LogP contribution in [0.4, 0.5) is 18.9 Å². The standard InChI is InChI=1S/C15H16F3NO3/c1-3-10-4-5-11(15(16,17)18)8-12(10)19-6-7-22-13(9-19)14(20)21-2/h3-5,8,13H,1,6-7,9H2,2H3. The maximum Gasteiger partial charge on any atom is 0.416 e. The van der Waals surface area contributed by atoms with E-state index in [4.69, 9.17) is 4.74 Å². The third-order valence-corrected chi connectivity index (χ3v) is 3.45. The first kappa shape index (κ1) is 16.4. The Hall–Kier alpha value is -2.02. The fourth-order valence-electron chi connectivity index (χ4n) is 2.31. The first-order valence-electron chi connectivity index (χ1n) is 6.65. The van der Waals surface area contributed by atoms with E-state index in [1.54, 1.807) is 4.90 Å². The summed E-state index contributed by atoms with van der Waals surface area (Å²) in [5.74, 6) is -0.545. The number of alkyl halides is 3. The van der Waals surface area contributed by atoms with Crippen LogP contribution in [0.3, 0.4) is 0 Å². The number of esters is 1. The lowest BCUT2D eigenvalue weighted by Gasteiger charge is -2.34. The van der Waals surface area contributed by atoms with Gasteiger partial charge in [0.15, 0.2) is 6.10 Å². The van der Waals surface area contributed by atoms with Gasteiger partial charge in [0.05, 0.1) is 25.8 Å². The van der Waals surface area contributed by atoms with Crippen molar-refractivity contribution in [2.75, 3.05) is 31.7 Å². The third kappa shape index (κ3) is 3.41. The molecule has 0 radical (unpaired) electrons. The van der Waals surface area contributed by atoms with Crippen LogP contribution in [0.2, 0.25) is 0 Å². The van der Waals surface area contributed by atoms with E-state index in [2.05, 4.69) is 11.3 Å². The highest BCUT2D eigenvalue weighted by Crippen LogP contribution is 2.34. The van der Waals surface area contributed by atoms with Gasteiger partial charge in [-0.05, 0) is 17.7 Å². The number of morpholine rings is 1. The molecule has 1 fully saturated rings.